The van der Waals surface area contributed by atoms with E-state index in [0.29, 0.717) is 5.75 Å². The Morgan fingerprint density at radius 2 is 2.23 bits per heavy atom. The molecule has 1 N–H and O–H groups in total. The quantitative estimate of drug-likeness (QED) is 0.850. The number of halogens is 1. The Morgan fingerprint density at radius 3 is 2.92 bits per heavy atom. The summed E-state index contributed by atoms with van der Waals surface area (Å²) in [4.78, 5) is 0. The zero-order valence-electron chi connectivity index (χ0n) is 6.87. The highest BCUT2D eigenvalue weighted by Gasteiger charge is 2.11. The molecule has 0 amide bonds. The molecule has 0 aliphatic carbocycles. The van der Waals surface area contributed by atoms with E-state index >= 15 is 0 Å². The molecule has 1 heterocycles. The van der Waals surface area contributed by atoms with E-state index < -0.39 is 0 Å². The number of methoxy groups -OCH3 is 1. The molecule has 0 radical (unpaired) electrons. The molecule has 0 saturated carbocycles. The average molecular weight is 259 g/mol. The summed E-state index contributed by atoms with van der Waals surface area (Å²) in [5.41, 5.74) is 0. The fourth-order valence-electron chi connectivity index (χ4n) is 1.23. The van der Waals surface area contributed by atoms with Gasteiger partial charge in [0.1, 0.15) is 0 Å². The topological polar surface area (TPSA) is 29.5 Å². The van der Waals surface area contributed by atoms with Gasteiger partial charge in [-0.15, -0.1) is 0 Å². The highest BCUT2D eigenvalue weighted by Crippen LogP contribution is 2.43. The number of rotatable bonds is 1. The van der Waals surface area contributed by atoms with Crippen LogP contribution in [0.1, 0.15) is 0 Å². The number of aromatic hydroxyl groups is 1. The third-order valence-corrected chi connectivity index (χ3v) is 3.24. The van der Waals surface area contributed by atoms with E-state index in [4.69, 9.17) is 4.74 Å². The fraction of sp³-hybridized carbons (Fsp3) is 0.111. The predicted molar refractivity (Wildman–Crippen MR) is 57.7 cm³/mol. The Morgan fingerprint density at radius 1 is 1.46 bits per heavy atom. The first-order chi connectivity index (χ1) is 6.22. The second-order valence-corrected chi connectivity index (χ2v) is 4.53. The van der Waals surface area contributed by atoms with Gasteiger partial charge in [-0.1, -0.05) is 27.3 Å². The van der Waals surface area contributed by atoms with Crippen LogP contribution in [0.25, 0.3) is 10.1 Å². The molecule has 1 aromatic carbocycles. The van der Waals surface area contributed by atoms with Crippen molar-refractivity contribution in [2.45, 2.75) is 0 Å². The van der Waals surface area contributed by atoms with Crippen LogP contribution in [0.4, 0.5) is 0 Å². The van der Waals surface area contributed by atoms with Gasteiger partial charge in [-0.05, 0) is 18.2 Å². The second kappa shape index (κ2) is 3.20. The largest absolute Gasteiger partial charge is 0.497 e. The molecule has 0 bridgehead atoms. The maximum Gasteiger partial charge on any atom is 0.215 e. The van der Waals surface area contributed by atoms with E-state index in [0.717, 1.165) is 14.6 Å². The van der Waals surface area contributed by atoms with Crippen molar-refractivity contribution in [1.82, 2.24) is 0 Å². The molecule has 0 saturated heterocycles. The van der Waals surface area contributed by atoms with Crippen LogP contribution in [0.2, 0.25) is 0 Å². The number of fused-ring (bicyclic) bond motifs is 1. The fourth-order valence-corrected chi connectivity index (χ4v) is 2.48. The zero-order chi connectivity index (χ0) is 9.42. The number of hydrogen-bond acceptors (Lipinski definition) is 3. The molecular weight excluding hydrogens is 252 g/mol. The molecule has 2 nitrogen and oxygen atoms in total. The van der Waals surface area contributed by atoms with Crippen LogP contribution in [-0.2, 0) is 0 Å². The van der Waals surface area contributed by atoms with Crippen LogP contribution in [0.5, 0.6) is 10.8 Å². The van der Waals surface area contributed by atoms with Gasteiger partial charge in [0.05, 0.1) is 7.11 Å². The minimum Gasteiger partial charge on any atom is -0.497 e. The first-order valence-electron chi connectivity index (χ1n) is 3.67. The Kier molecular flexibility index (Phi) is 2.17. The molecular formula is C9H7BrO2S. The summed E-state index contributed by atoms with van der Waals surface area (Å²) >= 11 is 4.69. The minimum absolute atomic E-state index is 0.232. The molecule has 0 atom stereocenters. The lowest BCUT2D eigenvalue weighted by molar-refractivity contribution is 0.385. The Labute approximate surface area is 87.9 Å². The van der Waals surface area contributed by atoms with Crippen molar-refractivity contribution in [3.8, 4) is 10.8 Å². The average Bonchev–Trinajstić information content (AvgIpc) is 2.40. The van der Waals surface area contributed by atoms with Crippen molar-refractivity contribution < 1.29 is 9.84 Å². The van der Waals surface area contributed by atoms with Crippen molar-refractivity contribution in [3.05, 3.63) is 22.7 Å². The van der Waals surface area contributed by atoms with Crippen LogP contribution in [-0.4, -0.2) is 12.2 Å². The summed E-state index contributed by atoms with van der Waals surface area (Å²) in [5.74, 6) is 0.557. The number of benzene rings is 1. The highest BCUT2D eigenvalue weighted by atomic mass is 79.9. The van der Waals surface area contributed by atoms with Gasteiger partial charge in [0, 0.05) is 14.6 Å². The van der Waals surface area contributed by atoms with E-state index in [9.17, 15) is 5.11 Å². The van der Waals surface area contributed by atoms with Crippen molar-refractivity contribution >= 4 is 37.4 Å². The SMILES string of the molecule is COc1c(O)sc2ccc(Br)cc12. The van der Waals surface area contributed by atoms with Gasteiger partial charge in [0.25, 0.3) is 0 Å². The monoisotopic (exact) mass is 258 g/mol. The molecule has 68 valence electrons. The number of hydrogen-bond donors (Lipinski definition) is 1. The van der Waals surface area contributed by atoms with Gasteiger partial charge in [-0.25, -0.2) is 0 Å². The summed E-state index contributed by atoms with van der Waals surface area (Å²) in [5, 5.41) is 10.7. The molecule has 2 aromatic rings. The number of ether oxygens (including phenoxy) is 1. The van der Waals surface area contributed by atoms with Crippen LogP contribution in [0.15, 0.2) is 22.7 Å². The normalized spacial score (nSPS) is 10.6. The van der Waals surface area contributed by atoms with Crippen LogP contribution in [0, 0.1) is 0 Å². The van der Waals surface area contributed by atoms with E-state index in [1.54, 1.807) is 7.11 Å². The highest BCUT2D eigenvalue weighted by molar-refractivity contribution is 9.10. The van der Waals surface area contributed by atoms with Gasteiger partial charge in [-0.2, -0.15) is 0 Å². The van der Waals surface area contributed by atoms with E-state index in [-0.39, 0.29) is 5.06 Å². The summed E-state index contributed by atoms with van der Waals surface area (Å²) in [7, 11) is 1.56. The Bertz CT molecular complexity index is 450. The van der Waals surface area contributed by atoms with Gasteiger partial charge < -0.3 is 9.84 Å². The van der Waals surface area contributed by atoms with E-state index in [2.05, 4.69) is 15.9 Å². The molecule has 4 heteroatoms. The third kappa shape index (κ3) is 1.40. The third-order valence-electron chi connectivity index (χ3n) is 1.79. The Hall–Kier alpha value is -0.740. The smallest absolute Gasteiger partial charge is 0.215 e. The molecule has 2 rings (SSSR count). The maximum absolute atomic E-state index is 9.50. The van der Waals surface area contributed by atoms with E-state index in [1.807, 2.05) is 18.2 Å². The summed E-state index contributed by atoms with van der Waals surface area (Å²) < 4.78 is 7.10. The lowest BCUT2D eigenvalue weighted by atomic mass is 10.2. The summed E-state index contributed by atoms with van der Waals surface area (Å²) in [6.45, 7) is 0. The standard InChI is InChI=1S/C9H7BrO2S/c1-12-8-6-4-5(10)2-3-7(6)13-9(8)11/h2-4,11H,1H3. The lowest BCUT2D eigenvalue weighted by Crippen LogP contribution is -1.79. The first-order valence-corrected chi connectivity index (χ1v) is 5.28. The van der Waals surface area contributed by atoms with Crippen molar-refractivity contribution in [3.63, 3.8) is 0 Å². The zero-order valence-corrected chi connectivity index (χ0v) is 9.28. The van der Waals surface area contributed by atoms with Crippen LogP contribution < -0.4 is 4.74 Å². The van der Waals surface area contributed by atoms with Gasteiger partial charge >= 0.3 is 0 Å². The molecule has 1 aromatic heterocycles. The molecule has 0 unspecified atom stereocenters. The minimum atomic E-state index is 0.232. The summed E-state index contributed by atoms with van der Waals surface area (Å²) in [6.07, 6.45) is 0. The molecule has 0 spiro atoms. The van der Waals surface area contributed by atoms with Crippen molar-refractivity contribution in [2.24, 2.45) is 0 Å². The summed E-state index contributed by atoms with van der Waals surface area (Å²) in [6, 6.07) is 5.83. The van der Waals surface area contributed by atoms with Crippen LogP contribution >= 0.6 is 27.3 Å². The molecule has 0 fully saturated rings. The molecule has 0 aliphatic heterocycles. The molecule has 13 heavy (non-hydrogen) atoms. The van der Waals surface area contributed by atoms with Gasteiger partial charge in [0.15, 0.2) is 5.75 Å². The first kappa shape index (κ1) is 8.84. The Balaban J connectivity index is 2.80. The maximum atomic E-state index is 9.50. The second-order valence-electron chi connectivity index (χ2n) is 2.58. The van der Waals surface area contributed by atoms with Crippen molar-refractivity contribution in [1.29, 1.82) is 0 Å². The van der Waals surface area contributed by atoms with Crippen LogP contribution in [0.3, 0.4) is 0 Å². The number of thiophene rings is 1. The van der Waals surface area contributed by atoms with Crippen molar-refractivity contribution in [2.75, 3.05) is 7.11 Å². The predicted octanol–water partition coefficient (Wildman–Crippen LogP) is 3.38. The molecule has 0 aliphatic rings. The van der Waals surface area contributed by atoms with Gasteiger partial charge in [-0.3, -0.25) is 0 Å². The van der Waals surface area contributed by atoms with E-state index in [1.165, 1.54) is 11.3 Å². The lowest BCUT2D eigenvalue weighted by Gasteiger charge is -1.97. The van der Waals surface area contributed by atoms with Gasteiger partial charge in [0.2, 0.25) is 5.06 Å².